The van der Waals surface area contributed by atoms with Gasteiger partial charge in [0.1, 0.15) is 5.75 Å². The Kier molecular flexibility index (Phi) is 5.34. The van der Waals surface area contributed by atoms with Gasteiger partial charge >= 0.3 is 6.11 Å². The second-order valence-electron chi connectivity index (χ2n) is 6.08. The fraction of sp³-hybridized carbons (Fsp3) is 0.316. The summed E-state index contributed by atoms with van der Waals surface area (Å²) in [6, 6.07) is 6.24. The van der Waals surface area contributed by atoms with Crippen molar-refractivity contribution in [2.45, 2.75) is 32.4 Å². The summed E-state index contributed by atoms with van der Waals surface area (Å²) < 4.78 is 36.2. The van der Waals surface area contributed by atoms with Gasteiger partial charge in [0.25, 0.3) is 0 Å². The highest BCUT2D eigenvalue weighted by molar-refractivity contribution is 5.86. The number of hydrogen-bond acceptors (Lipinski definition) is 5. The van der Waals surface area contributed by atoms with Crippen LogP contribution in [0.4, 0.5) is 8.78 Å². The van der Waals surface area contributed by atoms with Crippen LogP contribution in [-0.2, 0) is 17.8 Å². The number of carbonyl (C=O) groups is 1. The summed E-state index contributed by atoms with van der Waals surface area (Å²) >= 11 is 0. The lowest BCUT2D eigenvalue weighted by atomic mass is 10.0. The molecule has 0 aliphatic carbocycles. The topological polar surface area (TPSA) is 73.3 Å². The zero-order valence-corrected chi connectivity index (χ0v) is 14.8. The van der Waals surface area contributed by atoms with Gasteiger partial charge in [0.15, 0.2) is 5.82 Å². The Morgan fingerprint density at radius 2 is 2.11 bits per heavy atom. The molecule has 2 heterocycles. The summed E-state index contributed by atoms with van der Waals surface area (Å²) in [5.74, 6) is 0.598. The highest BCUT2D eigenvalue weighted by atomic mass is 19.3. The summed E-state index contributed by atoms with van der Waals surface area (Å²) in [6.07, 6.45) is -0.508. The summed E-state index contributed by atoms with van der Waals surface area (Å²) in [4.78, 5) is 20.3. The average Bonchev–Trinajstić information content (AvgIpc) is 2.65. The van der Waals surface area contributed by atoms with E-state index in [9.17, 15) is 13.6 Å². The second kappa shape index (κ2) is 7.69. The molecule has 1 aromatic carbocycles. The monoisotopic (exact) mass is 375 g/mol. The summed E-state index contributed by atoms with van der Waals surface area (Å²) in [5, 5.41) is 2.63. The first-order valence-electron chi connectivity index (χ1n) is 8.46. The van der Waals surface area contributed by atoms with Crippen molar-refractivity contribution in [3.05, 3.63) is 48.3 Å². The van der Waals surface area contributed by atoms with Crippen molar-refractivity contribution in [1.29, 1.82) is 0 Å². The van der Waals surface area contributed by atoms with Crippen LogP contribution < -0.4 is 14.8 Å². The van der Waals surface area contributed by atoms with Gasteiger partial charge in [-0.2, -0.15) is 13.8 Å². The van der Waals surface area contributed by atoms with Crippen LogP contribution >= 0.6 is 0 Å². The first kappa shape index (κ1) is 18.8. The number of nitrogens with zero attached hydrogens (tertiary/aromatic N) is 2. The zero-order chi connectivity index (χ0) is 19.4. The van der Waals surface area contributed by atoms with Gasteiger partial charge in [0, 0.05) is 18.1 Å². The van der Waals surface area contributed by atoms with Crippen molar-refractivity contribution < 1.29 is 23.0 Å². The van der Waals surface area contributed by atoms with Crippen molar-refractivity contribution in [2.24, 2.45) is 0 Å². The van der Waals surface area contributed by atoms with Crippen molar-refractivity contribution >= 4 is 5.91 Å². The summed E-state index contributed by atoms with van der Waals surface area (Å²) in [6.45, 7) is 4.76. The van der Waals surface area contributed by atoms with Gasteiger partial charge in [-0.05, 0) is 43.2 Å². The minimum Gasteiger partial charge on any atom is -0.477 e. The van der Waals surface area contributed by atoms with E-state index in [1.54, 1.807) is 12.1 Å². The molecule has 0 saturated heterocycles. The van der Waals surface area contributed by atoms with Crippen LogP contribution in [0.2, 0.25) is 0 Å². The number of amides is 1. The molecule has 1 amide bonds. The predicted molar refractivity (Wildman–Crippen MR) is 94.6 cm³/mol. The molecule has 0 spiro atoms. The fourth-order valence-electron chi connectivity index (χ4n) is 2.71. The molecule has 27 heavy (non-hydrogen) atoms. The van der Waals surface area contributed by atoms with Crippen LogP contribution in [-0.4, -0.2) is 28.6 Å². The lowest BCUT2D eigenvalue weighted by molar-refractivity contribution is -0.158. The molecule has 142 valence electrons. The van der Waals surface area contributed by atoms with Gasteiger partial charge < -0.3 is 14.8 Å². The van der Waals surface area contributed by atoms with E-state index in [-0.39, 0.29) is 18.2 Å². The fourth-order valence-corrected chi connectivity index (χ4v) is 2.71. The molecular formula is C19H19F2N3O3. The van der Waals surface area contributed by atoms with Gasteiger partial charge in [-0.15, -0.1) is 0 Å². The third-order valence-electron chi connectivity index (χ3n) is 3.86. The number of nitrogens with one attached hydrogen (secondary N) is 1. The Balaban J connectivity index is 1.93. The van der Waals surface area contributed by atoms with Gasteiger partial charge in [0.2, 0.25) is 11.8 Å². The Hall–Kier alpha value is -3.03. The van der Waals surface area contributed by atoms with Crippen LogP contribution in [0, 0.1) is 0 Å². The quantitative estimate of drug-likeness (QED) is 0.785. The number of ether oxygens (including phenoxy) is 2. The molecule has 2 aromatic rings. The number of hydrogen-bond donors (Lipinski definition) is 1. The van der Waals surface area contributed by atoms with Gasteiger partial charge in [-0.25, -0.2) is 4.98 Å². The Bertz CT molecular complexity index is 849. The largest absolute Gasteiger partial charge is 0.477 e. The van der Waals surface area contributed by atoms with Crippen LogP contribution in [0.5, 0.6) is 11.6 Å². The normalized spacial score (nSPS) is 13.3. The summed E-state index contributed by atoms with van der Waals surface area (Å²) in [5.41, 5.74) is 2.23. The standard InChI is InChI=1S/C19H19F2N3O3/c1-3-16(25)22-11-15-23-17(14-5-4-10-26-18(14)24-15)12-6-8-13(9-7-12)27-19(2,20)21/h3,6-9H,1,4-5,10-11H2,2H3,(H,22,25). The van der Waals surface area contributed by atoms with E-state index in [1.165, 1.54) is 12.1 Å². The number of alkyl halides is 2. The number of rotatable bonds is 6. The van der Waals surface area contributed by atoms with E-state index in [4.69, 9.17) is 4.74 Å². The maximum Gasteiger partial charge on any atom is 0.394 e. The molecule has 1 aliphatic rings. The molecule has 3 rings (SSSR count). The number of fused-ring (bicyclic) bond motifs is 1. The van der Waals surface area contributed by atoms with Crippen molar-refractivity contribution in [3.63, 3.8) is 0 Å². The predicted octanol–water partition coefficient (Wildman–Crippen LogP) is 3.26. The van der Waals surface area contributed by atoms with Crippen LogP contribution in [0.1, 0.15) is 24.7 Å². The minimum absolute atomic E-state index is 0.0592. The average molecular weight is 375 g/mol. The minimum atomic E-state index is -3.25. The van der Waals surface area contributed by atoms with E-state index in [0.717, 1.165) is 30.0 Å². The van der Waals surface area contributed by atoms with Gasteiger partial charge in [-0.3, -0.25) is 4.79 Å². The van der Waals surface area contributed by atoms with Crippen LogP contribution in [0.3, 0.4) is 0 Å². The van der Waals surface area contributed by atoms with E-state index in [1.807, 2.05) is 0 Å². The third-order valence-corrected chi connectivity index (χ3v) is 3.86. The van der Waals surface area contributed by atoms with E-state index < -0.39 is 6.11 Å². The molecule has 0 atom stereocenters. The van der Waals surface area contributed by atoms with Crippen LogP contribution in [0.25, 0.3) is 11.3 Å². The molecular weight excluding hydrogens is 356 g/mol. The van der Waals surface area contributed by atoms with Crippen molar-refractivity contribution in [1.82, 2.24) is 15.3 Å². The van der Waals surface area contributed by atoms with Gasteiger partial charge in [0.05, 0.1) is 18.8 Å². The molecule has 0 radical (unpaired) electrons. The molecule has 1 aliphatic heterocycles. The third kappa shape index (κ3) is 4.78. The van der Waals surface area contributed by atoms with Crippen molar-refractivity contribution in [2.75, 3.05) is 6.61 Å². The summed E-state index contributed by atoms with van der Waals surface area (Å²) in [7, 11) is 0. The van der Waals surface area contributed by atoms with E-state index >= 15 is 0 Å². The Morgan fingerprint density at radius 1 is 1.37 bits per heavy atom. The molecule has 1 N–H and O–H groups in total. The van der Waals surface area contributed by atoms with Crippen LogP contribution in [0.15, 0.2) is 36.9 Å². The Morgan fingerprint density at radius 3 is 2.78 bits per heavy atom. The smallest absolute Gasteiger partial charge is 0.394 e. The molecule has 0 saturated carbocycles. The second-order valence-corrected chi connectivity index (χ2v) is 6.08. The first-order valence-corrected chi connectivity index (χ1v) is 8.46. The highest BCUT2D eigenvalue weighted by Gasteiger charge is 2.24. The molecule has 1 aromatic heterocycles. The molecule has 6 nitrogen and oxygen atoms in total. The number of carbonyl (C=O) groups excluding carboxylic acids is 1. The molecule has 0 bridgehead atoms. The molecule has 0 unspecified atom stereocenters. The maximum absolute atomic E-state index is 13.0. The maximum atomic E-state index is 13.0. The lowest BCUT2D eigenvalue weighted by Crippen LogP contribution is -2.23. The SMILES string of the molecule is C=CC(=O)NCc1nc2c(c(-c3ccc(OC(C)(F)F)cc3)n1)CCCO2. The molecule has 8 heteroatoms. The number of aromatic nitrogens is 2. The van der Waals surface area contributed by atoms with E-state index in [2.05, 4.69) is 26.6 Å². The first-order chi connectivity index (χ1) is 12.9. The van der Waals surface area contributed by atoms with E-state index in [0.29, 0.717) is 30.9 Å². The zero-order valence-electron chi connectivity index (χ0n) is 14.8. The lowest BCUT2D eigenvalue weighted by Gasteiger charge is -2.20. The van der Waals surface area contributed by atoms with Crippen molar-refractivity contribution in [3.8, 4) is 22.9 Å². The number of halogens is 2. The molecule has 0 fully saturated rings. The van der Waals surface area contributed by atoms with Gasteiger partial charge in [-0.1, -0.05) is 6.58 Å². The Labute approximate surface area is 155 Å². The number of benzene rings is 1. The highest BCUT2D eigenvalue weighted by Crippen LogP contribution is 2.33.